The number of fused-ring (bicyclic) bond motifs is 1. The second-order valence-corrected chi connectivity index (χ2v) is 5.18. The molecule has 0 radical (unpaired) electrons. The minimum Gasteiger partial charge on any atom is -0.491 e. The van der Waals surface area contributed by atoms with Gasteiger partial charge >= 0.3 is 0 Å². The van der Waals surface area contributed by atoms with E-state index < -0.39 is 0 Å². The quantitative estimate of drug-likeness (QED) is 0.850. The molecule has 2 N–H and O–H groups in total. The van der Waals surface area contributed by atoms with Gasteiger partial charge in [-0.05, 0) is 37.1 Å². The van der Waals surface area contributed by atoms with Crippen LogP contribution in [0.3, 0.4) is 0 Å². The molecule has 0 amide bonds. The van der Waals surface area contributed by atoms with Gasteiger partial charge in [-0.15, -0.1) is 0 Å². The molecule has 0 unspecified atom stereocenters. The first-order valence-corrected chi connectivity index (χ1v) is 6.37. The minimum absolute atomic E-state index is 0.0667. The van der Waals surface area contributed by atoms with Crippen molar-refractivity contribution in [2.75, 3.05) is 12.3 Å². The molecular formula is C15H15N3O. The maximum absolute atomic E-state index is 8.81. The monoisotopic (exact) mass is 253 g/mol. The molecule has 4 heteroatoms. The molecule has 3 rings (SSSR count). The van der Waals surface area contributed by atoms with Crippen molar-refractivity contribution in [3.63, 3.8) is 0 Å². The third kappa shape index (κ3) is 2.19. The number of nitriles is 1. The van der Waals surface area contributed by atoms with Crippen molar-refractivity contribution in [1.82, 2.24) is 4.98 Å². The molecule has 0 bridgehead atoms. The lowest BCUT2D eigenvalue weighted by Crippen LogP contribution is -2.12. The normalized spacial score (nSPS) is 15.9. The van der Waals surface area contributed by atoms with Crippen LogP contribution in [0.4, 0.5) is 5.69 Å². The summed E-state index contributed by atoms with van der Waals surface area (Å²) in [5, 5.41) is 9.72. The molecule has 2 aromatic rings. The van der Waals surface area contributed by atoms with E-state index in [1.54, 1.807) is 6.20 Å². The van der Waals surface area contributed by atoms with Crippen LogP contribution >= 0.6 is 0 Å². The molecule has 0 aliphatic heterocycles. The summed E-state index contributed by atoms with van der Waals surface area (Å²) in [5.74, 6) is 0.744. The van der Waals surface area contributed by atoms with Crippen LogP contribution in [0, 0.1) is 16.7 Å². The highest BCUT2D eigenvalue weighted by Crippen LogP contribution is 2.49. The Labute approximate surface area is 111 Å². The molecule has 4 nitrogen and oxygen atoms in total. The third-order valence-corrected chi connectivity index (χ3v) is 3.71. The van der Waals surface area contributed by atoms with Gasteiger partial charge < -0.3 is 10.5 Å². The van der Waals surface area contributed by atoms with Crippen LogP contribution in [0.15, 0.2) is 30.5 Å². The van der Waals surface area contributed by atoms with E-state index >= 15 is 0 Å². The zero-order valence-electron chi connectivity index (χ0n) is 10.6. The molecule has 1 aliphatic rings. The summed E-state index contributed by atoms with van der Waals surface area (Å²) >= 11 is 0. The number of nitrogen functional groups attached to an aromatic ring is 1. The molecule has 96 valence electrons. The van der Waals surface area contributed by atoms with E-state index in [1.807, 2.05) is 24.3 Å². The Morgan fingerprint density at radius 3 is 2.95 bits per heavy atom. The number of hydrogen-bond acceptors (Lipinski definition) is 4. The van der Waals surface area contributed by atoms with Crippen LogP contribution in [-0.2, 0) is 0 Å². The summed E-state index contributed by atoms with van der Waals surface area (Å²) < 4.78 is 5.88. The highest BCUT2D eigenvalue weighted by molar-refractivity contribution is 5.94. The molecule has 1 heterocycles. The lowest BCUT2D eigenvalue weighted by molar-refractivity contribution is 0.239. The second kappa shape index (κ2) is 4.43. The molecule has 1 fully saturated rings. The van der Waals surface area contributed by atoms with Crippen molar-refractivity contribution >= 4 is 16.6 Å². The molecule has 0 saturated heterocycles. The van der Waals surface area contributed by atoms with Crippen molar-refractivity contribution < 1.29 is 4.74 Å². The largest absolute Gasteiger partial charge is 0.491 e. The van der Waals surface area contributed by atoms with Gasteiger partial charge in [0.1, 0.15) is 11.3 Å². The van der Waals surface area contributed by atoms with Gasteiger partial charge in [0.25, 0.3) is 0 Å². The number of hydrogen-bond donors (Lipinski definition) is 1. The fraction of sp³-hybridized carbons (Fsp3) is 0.333. The van der Waals surface area contributed by atoms with Gasteiger partial charge in [0.2, 0.25) is 0 Å². The van der Waals surface area contributed by atoms with Crippen LogP contribution in [0.5, 0.6) is 5.75 Å². The fourth-order valence-electron chi connectivity index (χ4n) is 2.23. The van der Waals surface area contributed by atoms with Gasteiger partial charge in [0, 0.05) is 29.1 Å². The Morgan fingerprint density at radius 1 is 1.37 bits per heavy atom. The minimum atomic E-state index is 0.0667. The summed E-state index contributed by atoms with van der Waals surface area (Å²) in [6.45, 7) is 0.580. The summed E-state index contributed by atoms with van der Waals surface area (Å²) in [4.78, 5) is 4.34. The van der Waals surface area contributed by atoms with E-state index in [9.17, 15) is 0 Å². The number of ether oxygens (including phenoxy) is 1. The zero-order chi connectivity index (χ0) is 13.3. The van der Waals surface area contributed by atoms with E-state index in [-0.39, 0.29) is 5.41 Å². The van der Waals surface area contributed by atoms with Crippen LogP contribution in [0.1, 0.15) is 19.3 Å². The average Bonchev–Trinajstić information content (AvgIpc) is 3.19. The van der Waals surface area contributed by atoms with Crippen molar-refractivity contribution in [2.45, 2.75) is 19.3 Å². The highest BCUT2D eigenvalue weighted by atomic mass is 16.5. The Kier molecular flexibility index (Phi) is 2.75. The van der Waals surface area contributed by atoms with Crippen LogP contribution in [0.25, 0.3) is 10.9 Å². The van der Waals surface area contributed by atoms with Crippen molar-refractivity contribution in [3.8, 4) is 11.8 Å². The van der Waals surface area contributed by atoms with Crippen LogP contribution in [0.2, 0.25) is 0 Å². The Morgan fingerprint density at radius 2 is 2.21 bits per heavy atom. The number of rotatable bonds is 4. The van der Waals surface area contributed by atoms with E-state index in [4.69, 9.17) is 15.7 Å². The number of pyridine rings is 1. The number of anilines is 1. The molecule has 0 spiro atoms. The van der Waals surface area contributed by atoms with Crippen LogP contribution in [-0.4, -0.2) is 11.6 Å². The predicted octanol–water partition coefficient (Wildman–Crippen LogP) is 2.89. The first-order valence-electron chi connectivity index (χ1n) is 6.37. The fourth-order valence-corrected chi connectivity index (χ4v) is 2.23. The van der Waals surface area contributed by atoms with Gasteiger partial charge in [-0.2, -0.15) is 5.26 Å². The van der Waals surface area contributed by atoms with E-state index in [0.29, 0.717) is 18.7 Å². The molecule has 1 aromatic carbocycles. The maximum Gasteiger partial charge on any atom is 0.145 e. The predicted molar refractivity (Wildman–Crippen MR) is 73.5 cm³/mol. The van der Waals surface area contributed by atoms with Crippen molar-refractivity contribution in [3.05, 3.63) is 30.5 Å². The summed E-state index contributed by atoms with van der Waals surface area (Å²) in [6.07, 6.45) is 4.44. The lowest BCUT2D eigenvalue weighted by Gasteiger charge is -2.14. The Hall–Kier alpha value is -2.28. The number of nitrogens with two attached hydrogens (primary N) is 1. The molecule has 0 atom stereocenters. The smallest absolute Gasteiger partial charge is 0.145 e. The Balaban J connectivity index is 1.86. The molecule has 1 aromatic heterocycles. The van der Waals surface area contributed by atoms with Crippen molar-refractivity contribution in [1.29, 1.82) is 5.26 Å². The summed E-state index contributed by atoms with van der Waals surface area (Å²) in [5.41, 5.74) is 7.48. The van der Waals surface area contributed by atoms with E-state index in [0.717, 1.165) is 29.5 Å². The topological polar surface area (TPSA) is 71.9 Å². The van der Waals surface area contributed by atoms with Gasteiger partial charge in [-0.1, -0.05) is 0 Å². The number of aromatic nitrogens is 1. The second-order valence-electron chi connectivity index (χ2n) is 5.18. The van der Waals surface area contributed by atoms with Gasteiger partial charge in [0.05, 0.1) is 12.7 Å². The molecular weight excluding hydrogens is 238 g/mol. The lowest BCUT2D eigenvalue weighted by atomic mass is 10.1. The maximum atomic E-state index is 8.81. The first kappa shape index (κ1) is 11.8. The SMILES string of the molecule is N#CCC1(COc2ccc(N)c3cccnc23)CC1. The standard InChI is InChI=1S/C15H15N3O/c16-8-7-15(5-6-15)10-19-13-4-3-12(17)11-2-1-9-18-14(11)13/h1-4,9H,5-7,10,17H2. The third-order valence-electron chi connectivity index (χ3n) is 3.71. The van der Waals surface area contributed by atoms with E-state index in [2.05, 4.69) is 11.1 Å². The van der Waals surface area contributed by atoms with Crippen LogP contribution < -0.4 is 10.5 Å². The summed E-state index contributed by atoms with van der Waals surface area (Å²) in [6, 6.07) is 9.73. The molecule has 1 saturated carbocycles. The first-order chi connectivity index (χ1) is 9.24. The van der Waals surface area contributed by atoms with Crippen molar-refractivity contribution in [2.24, 2.45) is 5.41 Å². The number of nitrogens with zero attached hydrogens (tertiary/aromatic N) is 2. The Bertz CT molecular complexity index is 656. The molecule has 1 aliphatic carbocycles. The van der Waals surface area contributed by atoms with Gasteiger partial charge in [-0.3, -0.25) is 4.98 Å². The zero-order valence-corrected chi connectivity index (χ0v) is 10.6. The highest BCUT2D eigenvalue weighted by Gasteiger charge is 2.43. The number of benzene rings is 1. The van der Waals surface area contributed by atoms with E-state index in [1.165, 1.54) is 0 Å². The molecule has 19 heavy (non-hydrogen) atoms. The van der Waals surface area contributed by atoms with Gasteiger partial charge in [-0.25, -0.2) is 0 Å². The average molecular weight is 253 g/mol. The van der Waals surface area contributed by atoms with Gasteiger partial charge in [0.15, 0.2) is 0 Å². The summed E-state index contributed by atoms with van der Waals surface area (Å²) in [7, 11) is 0.